The van der Waals surface area contributed by atoms with Crippen molar-refractivity contribution in [3.8, 4) is 12.1 Å². The number of carbonyl (C=O) groups excluding carboxylic acids is 1. The van der Waals surface area contributed by atoms with Gasteiger partial charge in [-0.15, -0.1) is 0 Å². The molecular formula is C17H16N4O2. The second kappa shape index (κ2) is 6.35. The van der Waals surface area contributed by atoms with Gasteiger partial charge in [0.05, 0.1) is 23.7 Å². The molecule has 1 aromatic carbocycles. The summed E-state index contributed by atoms with van der Waals surface area (Å²) in [6.45, 7) is 3.20. The lowest BCUT2D eigenvalue weighted by molar-refractivity contribution is -0.133. The average Bonchev–Trinajstić information content (AvgIpc) is 2.94. The van der Waals surface area contributed by atoms with Gasteiger partial charge < -0.3 is 15.0 Å². The molecule has 1 heterocycles. The second-order valence-electron chi connectivity index (χ2n) is 5.55. The van der Waals surface area contributed by atoms with Gasteiger partial charge in [-0.25, -0.2) is 0 Å². The van der Waals surface area contributed by atoms with E-state index >= 15 is 0 Å². The van der Waals surface area contributed by atoms with Crippen LogP contribution in [0.25, 0.3) is 0 Å². The number of rotatable bonds is 4. The molecule has 0 aliphatic heterocycles. The Morgan fingerprint density at radius 3 is 2.65 bits per heavy atom. The van der Waals surface area contributed by atoms with Crippen LogP contribution in [0.2, 0.25) is 0 Å². The first kappa shape index (κ1) is 16.3. The summed E-state index contributed by atoms with van der Waals surface area (Å²) < 4.78 is 1.59. The molecule has 0 saturated carbocycles. The van der Waals surface area contributed by atoms with Crippen molar-refractivity contribution in [2.75, 3.05) is 5.32 Å². The molecule has 2 rings (SSSR count). The van der Waals surface area contributed by atoms with E-state index in [1.54, 1.807) is 48.1 Å². The van der Waals surface area contributed by atoms with E-state index in [0.717, 1.165) is 5.56 Å². The maximum Gasteiger partial charge on any atom is 0.257 e. The number of aromatic nitrogens is 1. The number of amides is 1. The largest absolute Gasteiger partial charge is 0.378 e. The summed E-state index contributed by atoms with van der Waals surface area (Å²) in [6, 6.07) is 10.6. The van der Waals surface area contributed by atoms with Crippen molar-refractivity contribution < 1.29 is 9.90 Å². The van der Waals surface area contributed by atoms with Crippen molar-refractivity contribution in [3.05, 3.63) is 53.3 Å². The first-order chi connectivity index (χ1) is 10.9. The quantitative estimate of drug-likeness (QED) is 0.901. The number of nitrogens with one attached hydrogen (secondary N) is 1. The number of hydrogen-bond donors (Lipinski definition) is 2. The third kappa shape index (κ3) is 3.76. The van der Waals surface area contributed by atoms with Gasteiger partial charge in [-0.3, -0.25) is 4.79 Å². The fraction of sp³-hybridized carbons (Fsp3) is 0.235. The van der Waals surface area contributed by atoms with Crippen LogP contribution in [0.1, 0.15) is 23.6 Å². The smallest absolute Gasteiger partial charge is 0.257 e. The van der Waals surface area contributed by atoms with Gasteiger partial charge in [-0.1, -0.05) is 0 Å². The number of nitrogens with zero attached hydrogens (tertiary/aromatic N) is 3. The Hall–Kier alpha value is -3.09. The number of benzene rings is 1. The third-order valence-corrected chi connectivity index (χ3v) is 3.46. The van der Waals surface area contributed by atoms with Crippen LogP contribution in [-0.2, 0) is 11.3 Å². The van der Waals surface area contributed by atoms with Crippen molar-refractivity contribution in [1.29, 1.82) is 10.5 Å². The Balaban J connectivity index is 2.11. The van der Waals surface area contributed by atoms with Crippen molar-refractivity contribution in [1.82, 2.24) is 4.57 Å². The molecule has 0 spiro atoms. The molecule has 0 bridgehead atoms. The predicted molar refractivity (Wildman–Crippen MR) is 84.3 cm³/mol. The molecule has 2 aromatic rings. The summed E-state index contributed by atoms with van der Waals surface area (Å²) in [5.74, 6) is -0.561. The fourth-order valence-electron chi connectivity index (χ4n) is 2.17. The van der Waals surface area contributed by atoms with E-state index in [1.807, 2.05) is 6.07 Å². The van der Waals surface area contributed by atoms with Crippen LogP contribution >= 0.6 is 0 Å². The number of nitriles is 2. The second-order valence-corrected chi connectivity index (χ2v) is 5.55. The molecule has 2 N–H and O–H groups in total. The maximum absolute atomic E-state index is 12.3. The highest BCUT2D eigenvalue weighted by atomic mass is 16.3. The van der Waals surface area contributed by atoms with Gasteiger partial charge >= 0.3 is 0 Å². The summed E-state index contributed by atoms with van der Waals surface area (Å²) in [5, 5.41) is 30.7. The van der Waals surface area contributed by atoms with Crippen molar-refractivity contribution in [3.63, 3.8) is 0 Å². The van der Waals surface area contributed by atoms with Crippen LogP contribution in [0.3, 0.4) is 0 Å². The average molecular weight is 308 g/mol. The lowest BCUT2D eigenvalue weighted by Crippen LogP contribution is -2.43. The Kier molecular flexibility index (Phi) is 4.49. The summed E-state index contributed by atoms with van der Waals surface area (Å²) >= 11 is 0. The maximum atomic E-state index is 12.3. The Labute approximate surface area is 134 Å². The van der Waals surface area contributed by atoms with Crippen LogP contribution in [0, 0.1) is 29.6 Å². The molecule has 1 aromatic heterocycles. The number of carbonyl (C=O) groups is 1. The predicted octanol–water partition coefficient (Wildman–Crippen LogP) is 1.93. The molecule has 0 radical (unpaired) electrons. The molecule has 23 heavy (non-hydrogen) atoms. The molecule has 1 unspecified atom stereocenters. The molecule has 1 amide bonds. The van der Waals surface area contributed by atoms with Gasteiger partial charge in [-0.2, -0.15) is 10.5 Å². The molecule has 6 heteroatoms. The van der Waals surface area contributed by atoms with E-state index in [2.05, 4.69) is 11.4 Å². The van der Waals surface area contributed by atoms with Crippen molar-refractivity contribution in [2.24, 2.45) is 0 Å². The Morgan fingerprint density at radius 2 is 2.09 bits per heavy atom. The van der Waals surface area contributed by atoms with Crippen molar-refractivity contribution in [2.45, 2.75) is 26.0 Å². The third-order valence-electron chi connectivity index (χ3n) is 3.46. The molecule has 0 saturated heterocycles. The zero-order valence-corrected chi connectivity index (χ0v) is 12.9. The normalized spacial score (nSPS) is 12.7. The zero-order valence-electron chi connectivity index (χ0n) is 12.9. The Bertz CT molecular complexity index is 822. The summed E-state index contributed by atoms with van der Waals surface area (Å²) in [7, 11) is 0. The van der Waals surface area contributed by atoms with Gasteiger partial charge in [-0.05, 0) is 43.7 Å². The van der Waals surface area contributed by atoms with Crippen molar-refractivity contribution >= 4 is 11.6 Å². The monoisotopic (exact) mass is 308 g/mol. The summed E-state index contributed by atoms with van der Waals surface area (Å²) in [5.41, 5.74) is 0.606. The van der Waals surface area contributed by atoms with E-state index in [4.69, 9.17) is 10.5 Å². The van der Waals surface area contributed by atoms with Gasteiger partial charge in [0, 0.05) is 18.1 Å². The van der Waals surface area contributed by atoms with Crippen LogP contribution < -0.4 is 5.32 Å². The number of anilines is 1. The number of aryl methyl sites for hydroxylation is 1. The van der Waals surface area contributed by atoms with Gasteiger partial charge in [0.25, 0.3) is 5.91 Å². The standard InChI is InChI=1S/C17H16N4O2/c1-12-7-15(4-3-14(12)9-19)20-16(22)17(2,23)11-21-6-5-13(8-18)10-21/h3-7,10,23H,11H2,1-2H3,(H,20,22). The van der Waals surface area contributed by atoms with E-state index in [0.29, 0.717) is 16.8 Å². The number of hydrogen-bond acceptors (Lipinski definition) is 4. The minimum Gasteiger partial charge on any atom is -0.378 e. The van der Waals surface area contributed by atoms with Crippen LogP contribution in [0.15, 0.2) is 36.7 Å². The molecule has 6 nitrogen and oxygen atoms in total. The molecule has 0 fully saturated rings. The van der Waals surface area contributed by atoms with E-state index in [9.17, 15) is 9.90 Å². The Morgan fingerprint density at radius 1 is 1.35 bits per heavy atom. The lowest BCUT2D eigenvalue weighted by Gasteiger charge is -2.23. The molecular weight excluding hydrogens is 292 g/mol. The van der Waals surface area contributed by atoms with Gasteiger partial charge in [0.15, 0.2) is 5.60 Å². The molecule has 0 aliphatic rings. The lowest BCUT2D eigenvalue weighted by atomic mass is 10.1. The van der Waals surface area contributed by atoms with Gasteiger partial charge in [0.2, 0.25) is 0 Å². The highest BCUT2D eigenvalue weighted by Crippen LogP contribution is 2.17. The minimum atomic E-state index is -1.65. The molecule has 116 valence electrons. The minimum absolute atomic E-state index is 0.0236. The van der Waals surface area contributed by atoms with Crippen LogP contribution in [0.5, 0.6) is 0 Å². The van der Waals surface area contributed by atoms with Crippen LogP contribution in [0.4, 0.5) is 5.69 Å². The summed E-state index contributed by atoms with van der Waals surface area (Å²) in [4.78, 5) is 12.3. The summed E-state index contributed by atoms with van der Waals surface area (Å²) in [6.07, 6.45) is 3.19. The molecule has 1 atom stereocenters. The van der Waals surface area contributed by atoms with Gasteiger partial charge in [0.1, 0.15) is 6.07 Å². The van der Waals surface area contributed by atoms with E-state index in [1.165, 1.54) is 6.92 Å². The zero-order chi connectivity index (χ0) is 17.0. The number of aliphatic hydroxyl groups is 1. The fourth-order valence-corrected chi connectivity index (χ4v) is 2.17. The van der Waals surface area contributed by atoms with E-state index < -0.39 is 11.5 Å². The highest BCUT2D eigenvalue weighted by molar-refractivity contribution is 5.96. The molecule has 0 aliphatic carbocycles. The first-order valence-electron chi connectivity index (χ1n) is 6.96. The SMILES string of the molecule is Cc1cc(NC(=O)C(C)(O)Cn2ccc(C#N)c2)ccc1C#N. The topological polar surface area (TPSA) is 102 Å². The van der Waals surface area contributed by atoms with E-state index in [-0.39, 0.29) is 6.54 Å². The van der Waals surface area contributed by atoms with Crippen LogP contribution in [-0.4, -0.2) is 21.2 Å². The highest BCUT2D eigenvalue weighted by Gasteiger charge is 2.30. The first-order valence-corrected chi connectivity index (χ1v) is 6.96.